The molecule has 0 aliphatic rings. The van der Waals surface area contributed by atoms with E-state index in [0.29, 0.717) is 0 Å². The fraction of sp³-hybridized carbons (Fsp3) is 0.333. The van der Waals surface area contributed by atoms with Crippen LogP contribution >= 0.6 is 27.3 Å². The Bertz CT molecular complexity index is 501. The first-order chi connectivity index (χ1) is 8.72. The quantitative estimate of drug-likeness (QED) is 0.914. The normalized spacial score (nSPS) is 10.4. The number of rotatable bonds is 5. The minimum absolute atomic E-state index is 0.833. The van der Waals surface area contributed by atoms with E-state index in [2.05, 4.69) is 52.9 Å². The summed E-state index contributed by atoms with van der Waals surface area (Å²) in [7, 11) is 2.03. The van der Waals surface area contributed by atoms with Crippen molar-refractivity contribution in [3.05, 3.63) is 33.2 Å². The van der Waals surface area contributed by atoms with E-state index in [1.807, 2.05) is 14.0 Å². The van der Waals surface area contributed by atoms with Crippen LogP contribution in [0.15, 0.2) is 27.6 Å². The van der Waals surface area contributed by atoms with E-state index in [-0.39, 0.29) is 0 Å². The van der Waals surface area contributed by atoms with Crippen LogP contribution in [0.3, 0.4) is 0 Å². The minimum Gasteiger partial charge on any atom is -0.369 e. The van der Waals surface area contributed by atoms with Gasteiger partial charge in [0.15, 0.2) is 0 Å². The van der Waals surface area contributed by atoms with Gasteiger partial charge in [-0.25, -0.2) is 9.97 Å². The van der Waals surface area contributed by atoms with E-state index >= 15 is 0 Å². The monoisotopic (exact) mass is 326 g/mol. The molecule has 2 aromatic heterocycles. The molecule has 0 radical (unpaired) electrons. The highest BCUT2D eigenvalue weighted by atomic mass is 79.9. The summed E-state index contributed by atoms with van der Waals surface area (Å²) in [5.74, 6) is 1.73. The molecular weight excluding hydrogens is 312 g/mol. The van der Waals surface area contributed by atoms with Gasteiger partial charge in [0, 0.05) is 20.1 Å². The molecule has 0 amide bonds. The molecule has 2 aromatic rings. The number of thiophene rings is 1. The van der Waals surface area contributed by atoms with Gasteiger partial charge in [-0.2, -0.15) is 11.3 Å². The van der Waals surface area contributed by atoms with Gasteiger partial charge in [-0.3, -0.25) is 0 Å². The zero-order valence-electron chi connectivity index (χ0n) is 10.4. The summed E-state index contributed by atoms with van der Waals surface area (Å²) in [6, 6.07) is 2.13. The molecule has 0 unspecified atom stereocenters. The fourth-order valence-electron chi connectivity index (χ4n) is 1.65. The highest BCUT2D eigenvalue weighted by Gasteiger charge is 2.12. The van der Waals surface area contributed by atoms with Crippen molar-refractivity contribution in [2.45, 2.75) is 13.5 Å². The SMILES string of the molecule is CCNc1ncnc(N(C)Cc2ccsc2)c1Br. The zero-order valence-corrected chi connectivity index (χ0v) is 12.8. The number of nitrogens with one attached hydrogen (secondary N) is 1. The molecule has 4 nitrogen and oxygen atoms in total. The standard InChI is InChI=1S/C12H15BrN4S/c1-3-14-11-10(13)12(16-8-15-11)17(2)6-9-4-5-18-7-9/h4-5,7-8H,3,6H2,1-2H3,(H,14,15,16). The molecule has 1 N–H and O–H groups in total. The number of halogens is 1. The molecular formula is C12H15BrN4S. The summed E-state index contributed by atoms with van der Waals surface area (Å²) in [5.41, 5.74) is 1.29. The van der Waals surface area contributed by atoms with Crippen LogP contribution in [0.1, 0.15) is 12.5 Å². The van der Waals surface area contributed by atoms with Crippen molar-refractivity contribution in [3.8, 4) is 0 Å². The minimum atomic E-state index is 0.833. The Kier molecular flexibility index (Phi) is 4.54. The lowest BCUT2D eigenvalue weighted by atomic mass is 10.3. The molecule has 2 rings (SSSR count). The third-order valence-corrected chi connectivity index (χ3v) is 3.94. The highest BCUT2D eigenvalue weighted by Crippen LogP contribution is 2.29. The van der Waals surface area contributed by atoms with Crippen molar-refractivity contribution in [3.63, 3.8) is 0 Å². The van der Waals surface area contributed by atoms with Gasteiger partial charge in [-0.1, -0.05) is 0 Å². The summed E-state index contributed by atoms with van der Waals surface area (Å²) < 4.78 is 0.907. The molecule has 0 aromatic carbocycles. The molecule has 6 heteroatoms. The van der Waals surface area contributed by atoms with Crippen molar-refractivity contribution in [1.29, 1.82) is 0 Å². The first kappa shape index (κ1) is 13.3. The van der Waals surface area contributed by atoms with E-state index in [0.717, 1.165) is 29.2 Å². The van der Waals surface area contributed by atoms with E-state index in [9.17, 15) is 0 Å². The van der Waals surface area contributed by atoms with Gasteiger partial charge < -0.3 is 10.2 Å². The molecule has 0 bridgehead atoms. The third kappa shape index (κ3) is 3.00. The first-order valence-electron chi connectivity index (χ1n) is 5.69. The molecule has 0 fully saturated rings. The van der Waals surface area contributed by atoms with Crippen molar-refractivity contribution in [2.24, 2.45) is 0 Å². The Morgan fingerprint density at radius 1 is 1.44 bits per heavy atom. The van der Waals surface area contributed by atoms with Crippen molar-refractivity contribution < 1.29 is 0 Å². The first-order valence-corrected chi connectivity index (χ1v) is 7.42. The predicted molar refractivity (Wildman–Crippen MR) is 80.3 cm³/mol. The van der Waals surface area contributed by atoms with Crippen molar-refractivity contribution in [2.75, 3.05) is 23.8 Å². The van der Waals surface area contributed by atoms with Crippen LogP contribution in [-0.4, -0.2) is 23.6 Å². The molecule has 0 aliphatic carbocycles. The Morgan fingerprint density at radius 3 is 2.94 bits per heavy atom. The lowest BCUT2D eigenvalue weighted by Crippen LogP contribution is -2.18. The highest BCUT2D eigenvalue weighted by molar-refractivity contribution is 9.10. The van der Waals surface area contributed by atoms with Crippen LogP contribution in [0, 0.1) is 0 Å². The van der Waals surface area contributed by atoms with E-state index in [1.165, 1.54) is 5.56 Å². The second-order valence-corrected chi connectivity index (χ2v) is 5.45. The van der Waals surface area contributed by atoms with Gasteiger partial charge in [-0.05, 0) is 45.2 Å². The molecule has 0 spiro atoms. The summed E-state index contributed by atoms with van der Waals surface area (Å²) in [6.07, 6.45) is 1.59. The third-order valence-electron chi connectivity index (χ3n) is 2.48. The van der Waals surface area contributed by atoms with Crippen LogP contribution in [0.2, 0.25) is 0 Å². The van der Waals surface area contributed by atoms with Gasteiger partial charge >= 0.3 is 0 Å². The Labute approximate surface area is 119 Å². The molecule has 0 saturated heterocycles. The topological polar surface area (TPSA) is 41.1 Å². The maximum absolute atomic E-state index is 4.33. The Hall–Kier alpha value is -1.14. The number of hydrogen-bond acceptors (Lipinski definition) is 5. The summed E-state index contributed by atoms with van der Waals surface area (Å²) in [4.78, 5) is 10.7. The van der Waals surface area contributed by atoms with Gasteiger partial charge in [0.05, 0.1) is 0 Å². The average Bonchev–Trinajstić information content (AvgIpc) is 2.85. The number of nitrogens with zero attached hydrogens (tertiary/aromatic N) is 3. The molecule has 96 valence electrons. The van der Waals surface area contributed by atoms with Crippen LogP contribution < -0.4 is 10.2 Å². The van der Waals surface area contributed by atoms with Crippen molar-refractivity contribution >= 4 is 38.9 Å². The smallest absolute Gasteiger partial charge is 0.148 e. The number of aromatic nitrogens is 2. The van der Waals surface area contributed by atoms with Gasteiger partial charge in [0.1, 0.15) is 22.4 Å². The van der Waals surface area contributed by atoms with Crippen LogP contribution in [0.4, 0.5) is 11.6 Å². The van der Waals surface area contributed by atoms with Gasteiger partial charge in [0.2, 0.25) is 0 Å². The Balaban J connectivity index is 2.19. The van der Waals surface area contributed by atoms with Gasteiger partial charge in [0.25, 0.3) is 0 Å². The number of anilines is 2. The average molecular weight is 327 g/mol. The molecule has 0 aliphatic heterocycles. The lowest BCUT2D eigenvalue weighted by molar-refractivity contribution is 0.889. The predicted octanol–water partition coefficient (Wildman–Crippen LogP) is 3.37. The summed E-state index contributed by atoms with van der Waals surface area (Å²) in [5, 5.41) is 7.44. The maximum atomic E-state index is 4.33. The van der Waals surface area contributed by atoms with Crippen LogP contribution in [0.5, 0.6) is 0 Å². The molecule has 2 heterocycles. The molecule has 0 atom stereocenters. The molecule has 0 saturated carbocycles. The second kappa shape index (κ2) is 6.15. The summed E-state index contributed by atoms with van der Waals surface area (Å²) >= 11 is 5.27. The van der Waals surface area contributed by atoms with E-state index in [1.54, 1.807) is 17.7 Å². The Morgan fingerprint density at radius 2 is 2.28 bits per heavy atom. The summed E-state index contributed by atoms with van der Waals surface area (Å²) in [6.45, 7) is 3.72. The van der Waals surface area contributed by atoms with Crippen molar-refractivity contribution in [1.82, 2.24) is 9.97 Å². The van der Waals surface area contributed by atoms with Gasteiger partial charge in [-0.15, -0.1) is 0 Å². The van der Waals surface area contributed by atoms with Crippen LogP contribution in [0.25, 0.3) is 0 Å². The van der Waals surface area contributed by atoms with E-state index in [4.69, 9.17) is 0 Å². The second-order valence-electron chi connectivity index (χ2n) is 3.88. The maximum Gasteiger partial charge on any atom is 0.148 e. The van der Waals surface area contributed by atoms with Crippen LogP contribution in [-0.2, 0) is 6.54 Å². The lowest BCUT2D eigenvalue weighted by Gasteiger charge is -2.19. The largest absolute Gasteiger partial charge is 0.369 e. The van der Waals surface area contributed by atoms with E-state index < -0.39 is 0 Å². The fourth-order valence-corrected chi connectivity index (χ4v) is 2.96. The molecule has 18 heavy (non-hydrogen) atoms. The zero-order chi connectivity index (χ0) is 13.0. The number of hydrogen-bond donors (Lipinski definition) is 1.